The number of benzene rings is 3. The molecule has 0 aliphatic carbocycles. The molecule has 3 aromatic rings. The molecule has 0 saturated heterocycles. The Morgan fingerprint density at radius 1 is 0.907 bits per heavy atom. The zero-order valence-corrected chi connectivity index (χ0v) is 26.2. The summed E-state index contributed by atoms with van der Waals surface area (Å²) < 4.78 is 0. The van der Waals surface area contributed by atoms with Crippen molar-refractivity contribution in [3.8, 4) is 5.75 Å². The van der Waals surface area contributed by atoms with Crippen molar-refractivity contribution >= 4 is 29.3 Å². The summed E-state index contributed by atoms with van der Waals surface area (Å²) in [5, 5.41) is 28.0. The second kappa shape index (κ2) is 15.0. The number of nitrogens with one attached hydrogen (secondary N) is 2. The van der Waals surface area contributed by atoms with Gasteiger partial charge in [-0.25, -0.2) is 0 Å². The summed E-state index contributed by atoms with van der Waals surface area (Å²) in [5.41, 5.74) is 1.96. The van der Waals surface area contributed by atoms with Crippen molar-refractivity contribution in [2.45, 2.75) is 77.6 Å². The number of hydrogen-bond donors (Lipinski definition) is 4. The Morgan fingerprint density at radius 3 is 2.14 bits per heavy atom. The second-order valence-corrected chi connectivity index (χ2v) is 12.3. The van der Waals surface area contributed by atoms with Crippen LogP contribution in [0.1, 0.15) is 61.2 Å². The molecule has 3 amide bonds. The predicted octanol–water partition coefficient (Wildman–Crippen LogP) is 4.82. The molecule has 0 bridgehead atoms. The molecule has 0 aliphatic heterocycles. The van der Waals surface area contributed by atoms with Crippen LogP contribution < -0.4 is 10.6 Å². The summed E-state index contributed by atoms with van der Waals surface area (Å²) in [6, 6.07) is 19.8. The number of halogens is 1. The number of rotatable bonds is 12. The number of carbonyl (C=O) groups is 3. The lowest BCUT2D eigenvalue weighted by atomic mass is 9.97. The molecule has 0 aromatic heterocycles. The molecule has 3 atom stereocenters. The predicted molar refractivity (Wildman–Crippen MR) is 169 cm³/mol. The summed E-state index contributed by atoms with van der Waals surface area (Å²) in [6.45, 7) is 8.75. The van der Waals surface area contributed by atoms with Crippen molar-refractivity contribution in [3.05, 3.63) is 100 Å². The van der Waals surface area contributed by atoms with Gasteiger partial charge in [-0.15, -0.1) is 0 Å². The van der Waals surface area contributed by atoms with Gasteiger partial charge < -0.3 is 25.7 Å². The number of carbonyl (C=O) groups excluding carboxylic acids is 3. The van der Waals surface area contributed by atoms with Gasteiger partial charge in [-0.05, 0) is 75.9 Å². The molecule has 230 valence electrons. The van der Waals surface area contributed by atoms with Gasteiger partial charge in [-0.3, -0.25) is 14.4 Å². The van der Waals surface area contributed by atoms with E-state index in [1.165, 1.54) is 17.9 Å². The van der Waals surface area contributed by atoms with Crippen LogP contribution in [-0.4, -0.2) is 63.1 Å². The van der Waals surface area contributed by atoms with Gasteiger partial charge in [-0.1, -0.05) is 60.1 Å². The van der Waals surface area contributed by atoms with E-state index in [9.17, 15) is 24.6 Å². The van der Waals surface area contributed by atoms with Crippen LogP contribution in [0.4, 0.5) is 0 Å². The minimum absolute atomic E-state index is 0.00479. The van der Waals surface area contributed by atoms with Gasteiger partial charge in [0.05, 0.1) is 12.1 Å². The maximum atomic E-state index is 13.5. The first kappa shape index (κ1) is 33.6. The smallest absolute Gasteiger partial charge is 0.252 e. The fourth-order valence-corrected chi connectivity index (χ4v) is 5.04. The second-order valence-electron chi connectivity index (χ2n) is 11.9. The number of nitrogens with zero attached hydrogens (tertiary/aromatic N) is 1. The molecule has 0 radical (unpaired) electrons. The zero-order valence-electron chi connectivity index (χ0n) is 25.4. The summed E-state index contributed by atoms with van der Waals surface area (Å²) in [7, 11) is 0. The molecule has 4 N–H and O–H groups in total. The normalized spacial score (nSPS) is 13.5. The fraction of sp³-hybridized carbons (Fsp3) is 0.382. The Balaban J connectivity index is 1.85. The van der Waals surface area contributed by atoms with Crippen molar-refractivity contribution < 1.29 is 24.6 Å². The Kier molecular flexibility index (Phi) is 11.7. The lowest BCUT2D eigenvalue weighted by molar-refractivity contribution is -0.140. The van der Waals surface area contributed by atoms with Crippen LogP contribution in [0.15, 0.2) is 72.8 Å². The lowest BCUT2D eigenvalue weighted by Crippen LogP contribution is -2.55. The van der Waals surface area contributed by atoms with E-state index in [1.807, 2.05) is 63.2 Å². The van der Waals surface area contributed by atoms with E-state index in [0.29, 0.717) is 22.6 Å². The topological polar surface area (TPSA) is 119 Å². The molecule has 0 unspecified atom stereocenters. The molecular formula is C34H42ClN3O5. The van der Waals surface area contributed by atoms with Crippen LogP contribution in [0.2, 0.25) is 5.02 Å². The van der Waals surface area contributed by atoms with Crippen LogP contribution in [-0.2, 0) is 22.4 Å². The minimum atomic E-state index is -1.05. The van der Waals surface area contributed by atoms with Gasteiger partial charge in [0.15, 0.2) is 0 Å². The van der Waals surface area contributed by atoms with Crippen LogP contribution in [0.25, 0.3) is 0 Å². The molecule has 3 rings (SSSR count). The monoisotopic (exact) mass is 607 g/mol. The third-order valence-corrected chi connectivity index (χ3v) is 7.47. The number of aliphatic hydroxyl groups excluding tert-OH is 1. The van der Waals surface area contributed by atoms with E-state index in [0.717, 1.165) is 11.1 Å². The first-order chi connectivity index (χ1) is 20.2. The highest BCUT2D eigenvalue weighted by molar-refractivity contribution is 6.30. The third kappa shape index (κ3) is 10.1. The Hall–Kier alpha value is -3.88. The Labute approximate surface area is 259 Å². The quantitative estimate of drug-likeness (QED) is 0.235. The van der Waals surface area contributed by atoms with Crippen LogP contribution in [0.5, 0.6) is 5.75 Å². The maximum Gasteiger partial charge on any atom is 0.252 e. The van der Waals surface area contributed by atoms with Crippen molar-refractivity contribution in [2.24, 2.45) is 0 Å². The van der Waals surface area contributed by atoms with E-state index >= 15 is 0 Å². The summed E-state index contributed by atoms with van der Waals surface area (Å²) >= 11 is 6.06. The van der Waals surface area contributed by atoms with Crippen molar-refractivity contribution in [1.82, 2.24) is 15.5 Å². The average molecular weight is 608 g/mol. The van der Waals surface area contributed by atoms with Gasteiger partial charge in [0.2, 0.25) is 11.8 Å². The van der Waals surface area contributed by atoms with Crippen molar-refractivity contribution in [3.63, 3.8) is 0 Å². The highest BCUT2D eigenvalue weighted by atomic mass is 35.5. The minimum Gasteiger partial charge on any atom is -0.508 e. The molecule has 3 aromatic carbocycles. The zero-order chi connectivity index (χ0) is 31.7. The molecule has 0 aliphatic rings. The van der Waals surface area contributed by atoms with E-state index in [1.54, 1.807) is 31.2 Å². The molecular weight excluding hydrogens is 566 g/mol. The van der Waals surface area contributed by atoms with Gasteiger partial charge in [0.25, 0.3) is 5.91 Å². The summed E-state index contributed by atoms with van der Waals surface area (Å²) in [6.07, 6.45) is -0.346. The highest BCUT2D eigenvalue weighted by Crippen LogP contribution is 2.21. The molecule has 8 nitrogen and oxygen atoms in total. The summed E-state index contributed by atoms with van der Waals surface area (Å²) in [4.78, 5) is 41.2. The molecule has 0 saturated carbocycles. The highest BCUT2D eigenvalue weighted by Gasteiger charge is 2.32. The van der Waals surface area contributed by atoms with E-state index in [-0.39, 0.29) is 37.0 Å². The Morgan fingerprint density at radius 2 is 1.53 bits per heavy atom. The largest absolute Gasteiger partial charge is 0.508 e. The molecule has 0 spiro atoms. The van der Waals surface area contributed by atoms with Crippen LogP contribution in [0, 0.1) is 6.92 Å². The standard InChI is InChI=1S/C34H42ClN3O5/c1-22-27(12-9-13-30(22)40)32(42)36-28(20-24-10-7-6-8-11-24)31(41)18-19-38(23(2)39)29(33(43)37-34(3,4)5)21-25-14-16-26(35)17-15-25/h6-17,28-29,31,40-41H,18-21H2,1-5H3,(H,36,42)(H,37,43)/t28-,29-,31+/m0/s1. The lowest BCUT2D eigenvalue weighted by Gasteiger charge is -2.34. The van der Waals surface area contributed by atoms with Gasteiger partial charge in [-0.2, -0.15) is 0 Å². The number of aliphatic hydroxyl groups is 1. The number of phenols is 1. The first-order valence-electron chi connectivity index (χ1n) is 14.4. The Bertz CT molecular complexity index is 1390. The van der Waals surface area contributed by atoms with Gasteiger partial charge >= 0.3 is 0 Å². The van der Waals surface area contributed by atoms with Crippen LogP contribution >= 0.6 is 11.6 Å². The number of phenolic OH excluding ortho intramolecular Hbond substituents is 1. The maximum absolute atomic E-state index is 13.5. The van der Waals surface area contributed by atoms with E-state index in [2.05, 4.69) is 10.6 Å². The molecule has 9 heteroatoms. The van der Waals surface area contributed by atoms with Gasteiger partial charge in [0, 0.05) is 41.6 Å². The first-order valence-corrected chi connectivity index (χ1v) is 14.8. The van der Waals surface area contributed by atoms with Crippen LogP contribution in [0.3, 0.4) is 0 Å². The number of aromatic hydroxyl groups is 1. The molecule has 0 fully saturated rings. The van der Waals surface area contributed by atoms with E-state index in [4.69, 9.17) is 11.6 Å². The SMILES string of the molecule is CC(=O)N(CC[C@@H](O)[C@H](Cc1ccccc1)NC(=O)c1cccc(O)c1C)[C@@H](Cc1ccc(Cl)cc1)C(=O)NC(C)(C)C. The van der Waals surface area contributed by atoms with Crippen molar-refractivity contribution in [2.75, 3.05) is 6.54 Å². The average Bonchev–Trinajstić information content (AvgIpc) is 2.94. The number of amides is 3. The molecule has 0 heterocycles. The summed E-state index contributed by atoms with van der Waals surface area (Å²) in [5.74, 6) is -1.04. The van der Waals surface area contributed by atoms with Gasteiger partial charge in [0.1, 0.15) is 11.8 Å². The van der Waals surface area contributed by atoms with Crippen molar-refractivity contribution in [1.29, 1.82) is 0 Å². The van der Waals surface area contributed by atoms with E-state index < -0.39 is 29.6 Å². The third-order valence-electron chi connectivity index (χ3n) is 7.22. The number of hydrogen-bond acceptors (Lipinski definition) is 5. The fourth-order valence-electron chi connectivity index (χ4n) is 4.91. The molecule has 43 heavy (non-hydrogen) atoms.